The Kier molecular flexibility index (Phi) is 5.00. The van der Waals surface area contributed by atoms with Crippen molar-refractivity contribution in [3.63, 3.8) is 0 Å². The normalized spacial score (nSPS) is 44.1. The van der Waals surface area contributed by atoms with Crippen LogP contribution in [0.25, 0.3) is 0 Å². The number of cyclic esters (lactones) is 1. The Morgan fingerprint density at radius 1 is 1.26 bits per heavy atom. The topological polar surface area (TPSA) is 112 Å². The SMILES string of the molecule is COC(=O)[C@]1(C)CCC[C@]2(C)[C@H]1[C@H](OC(C)=O)[C@H]1[C@H](c3ccoc3)OC(=O)[C@H](C)[C@]12O. The van der Waals surface area contributed by atoms with E-state index in [-0.39, 0.29) is 0 Å². The molecular formula is C23H30O8. The predicted octanol–water partition coefficient (Wildman–Crippen LogP) is 2.79. The third kappa shape index (κ3) is 2.73. The predicted molar refractivity (Wildman–Crippen MR) is 106 cm³/mol. The number of carbonyl (C=O) groups excluding carboxylic acids is 3. The lowest BCUT2D eigenvalue weighted by Crippen LogP contribution is -2.62. The van der Waals surface area contributed by atoms with Crippen molar-refractivity contribution in [2.75, 3.05) is 7.11 Å². The van der Waals surface area contributed by atoms with Gasteiger partial charge >= 0.3 is 17.9 Å². The standard InChI is InChI=1S/C23H30O8/c1-12-19(25)31-16(14-7-10-29-11-14)15-17(30-13(2)24)18-21(3,20(26)28-5)8-6-9-22(18,4)23(12,15)27/h7,10-12,15-18,27H,6,8-9H2,1-5H3/t12-,15+,16-,17+,18-,21+,22+,23-/m0/s1. The second-order valence-electron chi connectivity index (χ2n) is 9.72. The number of methoxy groups -OCH3 is 1. The van der Waals surface area contributed by atoms with Gasteiger partial charge in [-0.1, -0.05) is 13.3 Å². The van der Waals surface area contributed by atoms with Crippen molar-refractivity contribution in [3.8, 4) is 0 Å². The molecule has 1 saturated heterocycles. The number of carbonyl (C=O) groups is 3. The number of hydrogen-bond acceptors (Lipinski definition) is 8. The Morgan fingerprint density at radius 3 is 2.55 bits per heavy atom. The number of esters is 3. The summed E-state index contributed by atoms with van der Waals surface area (Å²) in [6, 6.07) is 1.67. The highest BCUT2D eigenvalue weighted by molar-refractivity contribution is 5.79. The fourth-order valence-electron chi connectivity index (χ4n) is 7.02. The zero-order chi connectivity index (χ0) is 22.8. The van der Waals surface area contributed by atoms with E-state index < -0.39 is 64.3 Å². The number of furan rings is 1. The summed E-state index contributed by atoms with van der Waals surface area (Å²) in [5.41, 5.74) is -2.88. The quantitative estimate of drug-likeness (QED) is 0.571. The molecule has 0 aromatic carbocycles. The number of ether oxygens (including phenoxy) is 3. The highest BCUT2D eigenvalue weighted by Crippen LogP contribution is 2.71. The molecule has 8 heteroatoms. The highest BCUT2D eigenvalue weighted by atomic mass is 16.6. The van der Waals surface area contributed by atoms with Crippen LogP contribution < -0.4 is 0 Å². The summed E-state index contributed by atoms with van der Waals surface area (Å²) in [4.78, 5) is 38.1. The van der Waals surface area contributed by atoms with Gasteiger partial charge in [-0.25, -0.2) is 0 Å². The van der Waals surface area contributed by atoms with Crippen molar-refractivity contribution in [2.45, 2.75) is 64.8 Å². The van der Waals surface area contributed by atoms with Crippen LogP contribution >= 0.6 is 0 Å². The van der Waals surface area contributed by atoms with Crippen LogP contribution in [-0.4, -0.2) is 41.8 Å². The third-order valence-electron chi connectivity index (χ3n) is 8.28. The Labute approximate surface area is 181 Å². The van der Waals surface area contributed by atoms with Crippen molar-refractivity contribution < 1.29 is 38.1 Å². The molecule has 1 aliphatic heterocycles. The summed E-state index contributed by atoms with van der Waals surface area (Å²) in [6.07, 6.45) is 2.96. The number of rotatable bonds is 3. The molecule has 8 atom stereocenters. The second kappa shape index (κ2) is 7.08. The van der Waals surface area contributed by atoms with Gasteiger partial charge in [-0.3, -0.25) is 14.4 Å². The van der Waals surface area contributed by atoms with Gasteiger partial charge in [-0.05, 0) is 32.8 Å². The molecule has 31 heavy (non-hydrogen) atoms. The van der Waals surface area contributed by atoms with Gasteiger partial charge in [0, 0.05) is 23.8 Å². The molecule has 3 fully saturated rings. The first-order valence-corrected chi connectivity index (χ1v) is 10.7. The van der Waals surface area contributed by atoms with Gasteiger partial charge in [0.15, 0.2) is 0 Å². The van der Waals surface area contributed by atoms with Crippen LogP contribution in [0.15, 0.2) is 23.0 Å². The van der Waals surface area contributed by atoms with E-state index >= 15 is 0 Å². The smallest absolute Gasteiger partial charge is 0.312 e. The molecule has 1 aromatic rings. The Bertz CT molecular complexity index is 893. The minimum atomic E-state index is -1.56. The summed E-state index contributed by atoms with van der Waals surface area (Å²) in [6.45, 7) is 6.65. The van der Waals surface area contributed by atoms with Crippen molar-refractivity contribution in [1.82, 2.24) is 0 Å². The first kappa shape index (κ1) is 21.9. The number of hydrogen-bond donors (Lipinski definition) is 1. The molecule has 0 bridgehead atoms. The minimum Gasteiger partial charge on any atom is -0.472 e. The van der Waals surface area contributed by atoms with E-state index in [1.165, 1.54) is 26.6 Å². The van der Waals surface area contributed by atoms with Crippen LogP contribution in [0.2, 0.25) is 0 Å². The molecule has 0 amide bonds. The lowest BCUT2D eigenvalue weighted by Gasteiger charge is -2.55. The van der Waals surface area contributed by atoms with Crippen LogP contribution in [0.1, 0.15) is 58.6 Å². The van der Waals surface area contributed by atoms with E-state index in [0.29, 0.717) is 24.8 Å². The maximum atomic E-state index is 13.0. The van der Waals surface area contributed by atoms with Crippen LogP contribution in [0.5, 0.6) is 0 Å². The van der Waals surface area contributed by atoms with Gasteiger partial charge in [0.2, 0.25) is 0 Å². The molecule has 0 unspecified atom stereocenters. The molecule has 2 heterocycles. The first-order valence-electron chi connectivity index (χ1n) is 10.7. The molecule has 1 N–H and O–H groups in total. The average Bonchev–Trinajstić information content (AvgIpc) is 3.30. The van der Waals surface area contributed by atoms with Crippen molar-refractivity contribution >= 4 is 17.9 Å². The molecule has 2 saturated carbocycles. The Balaban J connectivity index is 1.97. The van der Waals surface area contributed by atoms with Gasteiger partial charge in [0.25, 0.3) is 0 Å². The largest absolute Gasteiger partial charge is 0.472 e. The molecule has 2 aliphatic carbocycles. The summed E-state index contributed by atoms with van der Waals surface area (Å²) in [7, 11) is 1.33. The van der Waals surface area contributed by atoms with Crippen LogP contribution in [0, 0.1) is 28.6 Å². The van der Waals surface area contributed by atoms with E-state index in [9.17, 15) is 19.5 Å². The molecule has 8 nitrogen and oxygen atoms in total. The summed E-state index contributed by atoms with van der Waals surface area (Å²) >= 11 is 0. The maximum Gasteiger partial charge on any atom is 0.312 e. The molecule has 1 aromatic heterocycles. The zero-order valence-electron chi connectivity index (χ0n) is 18.5. The van der Waals surface area contributed by atoms with E-state index in [1.807, 2.05) is 6.92 Å². The van der Waals surface area contributed by atoms with Gasteiger partial charge in [0.05, 0.1) is 42.5 Å². The number of fused-ring (bicyclic) bond motifs is 3. The first-order chi connectivity index (χ1) is 14.5. The molecule has 0 radical (unpaired) electrons. The van der Waals surface area contributed by atoms with E-state index in [0.717, 1.165) is 0 Å². The maximum absolute atomic E-state index is 13.0. The van der Waals surface area contributed by atoms with E-state index in [4.69, 9.17) is 18.6 Å². The zero-order valence-corrected chi connectivity index (χ0v) is 18.5. The third-order valence-corrected chi connectivity index (χ3v) is 8.28. The van der Waals surface area contributed by atoms with Gasteiger partial charge < -0.3 is 23.7 Å². The summed E-state index contributed by atoms with van der Waals surface area (Å²) < 4.78 is 22.0. The van der Waals surface area contributed by atoms with Gasteiger partial charge in [-0.2, -0.15) is 0 Å². The van der Waals surface area contributed by atoms with Crippen LogP contribution in [0.3, 0.4) is 0 Å². The molecule has 4 rings (SSSR count). The van der Waals surface area contributed by atoms with Crippen LogP contribution in [0.4, 0.5) is 0 Å². The number of aliphatic hydroxyl groups is 1. The van der Waals surface area contributed by atoms with E-state index in [1.54, 1.807) is 19.9 Å². The molecule has 0 spiro atoms. The van der Waals surface area contributed by atoms with Gasteiger partial charge in [0.1, 0.15) is 12.2 Å². The second-order valence-corrected chi connectivity index (χ2v) is 9.72. The van der Waals surface area contributed by atoms with E-state index in [2.05, 4.69) is 0 Å². The summed E-state index contributed by atoms with van der Waals surface area (Å²) in [5.74, 6) is -3.66. The molecule has 170 valence electrons. The molecular weight excluding hydrogens is 404 g/mol. The lowest BCUT2D eigenvalue weighted by atomic mass is 9.51. The van der Waals surface area contributed by atoms with Crippen LogP contribution in [-0.2, 0) is 28.6 Å². The van der Waals surface area contributed by atoms with Crippen molar-refractivity contribution in [2.24, 2.45) is 28.6 Å². The van der Waals surface area contributed by atoms with Crippen molar-refractivity contribution in [3.05, 3.63) is 24.2 Å². The highest BCUT2D eigenvalue weighted by Gasteiger charge is 2.78. The average molecular weight is 434 g/mol. The monoisotopic (exact) mass is 434 g/mol. The minimum absolute atomic E-state index is 0.414. The van der Waals surface area contributed by atoms with Crippen molar-refractivity contribution in [1.29, 1.82) is 0 Å². The Hall–Kier alpha value is -2.35. The summed E-state index contributed by atoms with van der Waals surface area (Å²) in [5, 5.41) is 12.4. The van der Waals surface area contributed by atoms with Gasteiger partial charge in [-0.15, -0.1) is 0 Å². The molecule has 3 aliphatic rings. The Morgan fingerprint density at radius 2 is 1.97 bits per heavy atom. The fourth-order valence-corrected chi connectivity index (χ4v) is 7.02. The fraction of sp³-hybridized carbons (Fsp3) is 0.696. The lowest BCUT2D eigenvalue weighted by molar-refractivity contribution is -0.227.